The summed E-state index contributed by atoms with van der Waals surface area (Å²) in [6.45, 7) is 9.43. The van der Waals surface area contributed by atoms with Crippen molar-refractivity contribution in [2.45, 2.75) is 84.3 Å². The molecule has 4 heteroatoms. The number of amides is 1. The van der Waals surface area contributed by atoms with Gasteiger partial charge in [-0.3, -0.25) is 4.79 Å². The Balaban J connectivity index is 2.68. The maximum absolute atomic E-state index is 12.0. The van der Waals surface area contributed by atoms with Crippen molar-refractivity contribution in [1.29, 1.82) is 0 Å². The zero-order valence-corrected chi connectivity index (χ0v) is 13.5. The average Bonchev–Trinajstić information content (AvgIpc) is 2.73. The summed E-state index contributed by atoms with van der Waals surface area (Å²) in [6, 6.07) is 0. The summed E-state index contributed by atoms with van der Waals surface area (Å²) in [7, 11) is 0. The highest BCUT2D eigenvalue weighted by atomic mass is 16.6. The Bertz CT molecular complexity index is 351. The lowest BCUT2D eigenvalue weighted by Gasteiger charge is -2.33. The van der Waals surface area contributed by atoms with E-state index in [1.165, 1.54) is 0 Å². The molecule has 1 saturated carbocycles. The van der Waals surface area contributed by atoms with Gasteiger partial charge in [0.25, 0.3) is 0 Å². The van der Waals surface area contributed by atoms with Crippen LogP contribution in [0, 0.1) is 5.92 Å². The number of rotatable bonds is 5. The molecule has 1 aliphatic rings. The molecular weight excluding hydrogens is 254 g/mol. The highest BCUT2D eigenvalue weighted by molar-refractivity contribution is 5.80. The molecule has 0 aromatic heterocycles. The molecule has 1 aliphatic carbocycles. The fourth-order valence-corrected chi connectivity index (χ4v) is 3.00. The van der Waals surface area contributed by atoms with Crippen LogP contribution in [0.1, 0.15) is 73.1 Å². The fraction of sp³-hybridized carbons (Fsp3) is 0.875. The first-order chi connectivity index (χ1) is 9.17. The zero-order valence-electron chi connectivity index (χ0n) is 13.5. The second-order valence-electron chi connectivity index (χ2n) is 7.04. The molecule has 0 radical (unpaired) electrons. The molecule has 1 rings (SSSR count). The molecular formula is C16H29NO3. The lowest BCUT2D eigenvalue weighted by Crippen LogP contribution is -2.49. The van der Waals surface area contributed by atoms with E-state index in [2.05, 4.69) is 5.32 Å². The van der Waals surface area contributed by atoms with E-state index < -0.39 is 5.60 Å². The van der Waals surface area contributed by atoms with Gasteiger partial charge in [-0.1, -0.05) is 26.7 Å². The van der Waals surface area contributed by atoms with Crippen LogP contribution < -0.4 is 5.32 Å². The van der Waals surface area contributed by atoms with Crippen LogP contribution >= 0.6 is 0 Å². The van der Waals surface area contributed by atoms with Crippen LogP contribution in [0.3, 0.4) is 0 Å². The lowest BCUT2D eigenvalue weighted by atomic mass is 9.84. The van der Waals surface area contributed by atoms with Crippen LogP contribution in [0.15, 0.2) is 0 Å². The summed E-state index contributed by atoms with van der Waals surface area (Å²) in [4.78, 5) is 23.8. The Hall–Kier alpha value is -1.06. The fourth-order valence-electron chi connectivity index (χ4n) is 3.00. The van der Waals surface area contributed by atoms with Gasteiger partial charge in [-0.05, 0) is 40.0 Å². The normalized spacial score (nSPS) is 19.4. The van der Waals surface area contributed by atoms with Gasteiger partial charge < -0.3 is 10.1 Å². The van der Waals surface area contributed by atoms with Crippen molar-refractivity contribution in [3.05, 3.63) is 0 Å². The third-order valence-electron chi connectivity index (χ3n) is 3.92. The highest BCUT2D eigenvalue weighted by Crippen LogP contribution is 2.35. The predicted molar refractivity (Wildman–Crippen MR) is 79.6 cm³/mol. The first-order valence-corrected chi connectivity index (χ1v) is 7.71. The quantitative estimate of drug-likeness (QED) is 0.834. The van der Waals surface area contributed by atoms with Crippen LogP contribution in [-0.4, -0.2) is 23.0 Å². The van der Waals surface area contributed by atoms with E-state index in [4.69, 9.17) is 4.74 Å². The van der Waals surface area contributed by atoms with Crippen molar-refractivity contribution in [2.75, 3.05) is 0 Å². The Morgan fingerprint density at radius 2 is 1.80 bits per heavy atom. The average molecular weight is 283 g/mol. The number of carbonyl (C=O) groups is 2. The van der Waals surface area contributed by atoms with E-state index in [0.717, 1.165) is 32.1 Å². The number of carbonyl (C=O) groups excluding carboxylic acids is 2. The van der Waals surface area contributed by atoms with Crippen molar-refractivity contribution in [3.8, 4) is 0 Å². The van der Waals surface area contributed by atoms with Gasteiger partial charge in [-0.25, -0.2) is 4.79 Å². The Labute approximate surface area is 122 Å². The van der Waals surface area contributed by atoms with E-state index in [-0.39, 0.29) is 23.3 Å². The number of ether oxygens (including phenoxy) is 1. The van der Waals surface area contributed by atoms with Crippen molar-refractivity contribution in [1.82, 2.24) is 5.32 Å². The van der Waals surface area contributed by atoms with Crippen LogP contribution in [0.25, 0.3) is 0 Å². The molecule has 0 aliphatic heterocycles. The van der Waals surface area contributed by atoms with Crippen molar-refractivity contribution in [2.24, 2.45) is 5.92 Å². The van der Waals surface area contributed by atoms with Crippen molar-refractivity contribution in [3.63, 3.8) is 0 Å². The monoisotopic (exact) mass is 283 g/mol. The van der Waals surface area contributed by atoms with Crippen LogP contribution in [0.2, 0.25) is 0 Å². The van der Waals surface area contributed by atoms with Gasteiger partial charge in [0.15, 0.2) is 0 Å². The molecule has 0 heterocycles. The van der Waals surface area contributed by atoms with E-state index in [9.17, 15) is 9.59 Å². The van der Waals surface area contributed by atoms with E-state index in [1.54, 1.807) is 0 Å². The number of nitrogens with one attached hydrogen (secondary N) is 1. The summed E-state index contributed by atoms with van der Waals surface area (Å²) >= 11 is 0. The molecule has 0 saturated heterocycles. The van der Waals surface area contributed by atoms with E-state index in [1.807, 2.05) is 34.6 Å². The number of ketones is 1. The summed E-state index contributed by atoms with van der Waals surface area (Å²) in [5.41, 5.74) is -0.749. The molecule has 1 amide bonds. The minimum Gasteiger partial charge on any atom is -0.444 e. The molecule has 1 fully saturated rings. The summed E-state index contributed by atoms with van der Waals surface area (Å²) in [5, 5.41) is 3.05. The molecule has 0 aromatic rings. The van der Waals surface area contributed by atoms with Gasteiger partial charge in [0.2, 0.25) is 0 Å². The topological polar surface area (TPSA) is 55.4 Å². The van der Waals surface area contributed by atoms with Crippen molar-refractivity contribution < 1.29 is 14.3 Å². The van der Waals surface area contributed by atoms with Crippen LogP contribution in [0.4, 0.5) is 4.79 Å². The molecule has 116 valence electrons. The second-order valence-corrected chi connectivity index (χ2v) is 7.04. The molecule has 20 heavy (non-hydrogen) atoms. The number of Topliss-reactive ketones (excluding diaryl/α,β-unsaturated/α-hetero) is 1. The maximum atomic E-state index is 12.0. The Kier molecular flexibility index (Phi) is 5.60. The van der Waals surface area contributed by atoms with Gasteiger partial charge >= 0.3 is 6.09 Å². The summed E-state index contributed by atoms with van der Waals surface area (Å²) in [6.07, 6.45) is 4.99. The molecule has 4 nitrogen and oxygen atoms in total. The maximum Gasteiger partial charge on any atom is 0.408 e. The minimum absolute atomic E-state index is 0.00645. The first kappa shape index (κ1) is 17.0. The van der Waals surface area contributed by atoms with Gasteiger partial charge in [0, 0.05) is 17.9 Å². The molecule has 1 atom stereocenters. The smallest absolute Gasteiger partial charge is 0.408 e. The van der Waals surface area contributed by atoms with Crippen LogP contribution in [-0.2, 0) is 9.53 Å². The number of alkyl carbamates (subject to hydrolysis) is 1. The van der Waals surface area contributed by atoms with Gasteiger partial charge in [-0.2, -0.15) is 0 Å². The summed E-state index contributed by atoms with van der Waals surface area (Å²) < 4.78 is 5.36. The lowest BCUT2D eigenvalue weighted by molar-refractivity contribution is -0.122. The zero-order chi connectivity index (χ0) is 15.4. The van der Waals surface area contributed by atoms with E-state index >= 15 is 0 Å². The second kappa shape index (κ2) is 6.59. The third kappa shape index (κ3) is 5.14. The molecule has 1 N–H and O–H groups in total. The number of hydrogen-bond acceptors (Lipinski definition) is 3. The summed E-state index contributed by atoms with van der Waals surface area (Å²) in [5.74, 6) is 0.260. The Morgan fingerprint density at radius 3 is 2.25 bits per heavy atom. The molecule has 1 unspecified atom stereocenters. The largest absolute Gasteiger partial charge is 0.444 e. The van der Waals surface area contributed by atoms with Crippen molar-refractivity contribution >= 4 is 11.9 Å². The first-order valence-electron chi connectivity index (χ1n) is 7.71. The predicted octanol–water partition coefficient (Wildman–Crippen LogP) is 3.83. The SMILES string of the molecule is CCC(=O)C(C)CC1(NC(=O)OC(C)(C)C)CCCC1. The molecule has 0 aromatic carbocycles. The van der Waals surface area contributed by atoms with E-state index in [0.29, 0.717) is 6.42 Å². The van der Waals surface area contributed by atoms with Gasteiger partial charge in [0.05, 0.1) is 0 Å². The minimum atomic E-state index is -0.491. The van der Waals surface area contributed by atoms with Gasteiger partial charge in [0.1, 0.15) is 11.4 Å². The number of hydrogen-bond donors (Lipinski definition) is 1. The Morgan fingerprint density at radius 1 is 1.25 bits per heavy atom. The van der Waals surface area contributed by atoms with Gasteiger partial charge in [-0.15, -0.1) is 0 Å². The third-order valence-corrected chi connectivity index (χ3v) is 3.92. The highest BCUT2D eigenvalue weighted by Gasteiger charge is 2.38. The van der Waals surface area contributed by atoms with Crippen LogP contribution in [0.5, 0.6) is 0 Å². The standard InChI is InChI=1S/C16H29NO3/c1-6-13(18)12(2)11-16(9-7-8-10-16)17-14(19)20-15(3,4)5/h12H,6-11H2,1-5H3,(H,17,19). The molecule has 0 spiro atoms. The molecule has 0 bridgehead atoms.